The Morgan fingerprint density at radius 3 is 2.86 bits per heavy atom. The van der Waals surface area contributed by atoms with Gasteiger partial charge < -0.3 is 15.0 Å². The van der Waals surface area contributed by atoms with E-state index in [0.717, 1.165) is 24.3 Å². The van der Waals surface area contributed by atoms with Crippen molar-refractivity contribution in [2.45, 2.75) is 46.4 Å². The van der Waals surface area contributed by atoms with Crippen molar-refractivity contribution in [3.63, 3.8) is 0 Å². The van der Waals surface area contributed by atoms with E-state index < -0.39 is 0 Å². The number of benzene rings is 1. The molecule has 1 aromatic rings. The molecule has 0 aromatic heterocycles. The van der Waals surface area contributed by atoms with Crippen LogP contribution in [0, 0.1) is 11.7 Å². The zero-order chi connectivity index (χ0) is 15.4. The molecule has 1 N–H and O–H groups in total. The van der Waals surface area contributed by atoms with Crippen LogP contribution in [0.5, 0.6) is 0 Å². The SMILES string of the molecule is CC(C)CNCc1c(F)cccc1N1CC(C)OCC1C. The van der Waals surface area contributed by atoms with Gasteiger partial charge in [-0.3, -0.25) is 0 Å². The fourth-order valence-corrected chi connectivity index (χ4v) is 2.72. The molecule has 2 atom stereocenters. The van der Waals surface area contributed by atoms with Gasteiger partial charge in [-0.1, -0.05) is 19.9 Å². The van der Waals surface area contributed by atoms with Crippen LogP contribution in [0.3, 0.4) is 0 Å². The zero-order valence-electron chi connectivity index (χ0n) is 13.5. The molecule has 2 unspecified atom stereocenters. The lowest BCUT2D eigenvalue weighted by atomic mass is 10.1. The molecule has 1 aromatic carbocycles. The average molecular weight is 294 g/mol. The van der Waals surface area contributed by atoms with Gasteiger partial charge in [0.25, 0.3) is 0 Å². The summed E-state index contributed by atoms with van der Waals surface area (Å²) in [5, 5.41) is 3.35. The molecule has 2 rings (SSSR count). The largest absolute Gasteiger partial charge is 0.375 e. The highest BCUT2D eigenvalue weighted by atomic mass is 19.1. The summed E-state index contributed by atoms with van der Waals surface area (Å²) in [5.41, 5.74) is 1.76. The van der Waals surface area contributed by atoms with Crippen LogP contribution in [-0.4, -0.2) is 31.8 Å². The minimum atomic E-state index is -0.130. The van der Waals surface area contributed by atoms with E-state index in [0.29, 0.717) is 19.1 Å². The Balaban J connectivity index is 2.19. The standard InChI is InChI=1S/C17H27FN2O/c1-12(2)8-19-9-15-16(18)6-5-7-17(15)20-10-14(4)21-11-13(20)3/h5-7,12-14,19H,8-11H2,1-4H3. The first-order valence-corrected chi connectivity index (χ1v) is 7.85. The Labute approximate surface area is 127 Å². The summed E-state index contributed by atoms with van der Waals surface area (Å²) in [6, 6.07) is 5.63. The van der Waals surface area contributed by atoms with Crippen molar-refractivity contribution in [3.05, 3.63) is 29.6 Å². The summed E-state index contributed by atoms with van der Waals surface area (Å²) < 4.78 is 19.9. The van der Waals surface area contributed by atoms with Gasteiger partial charge in [-0.25, -0.2) is 4.39 Å². The average Bonchev–Trinajstić information content (AvgIpc) is 2.43. The monoisotopic (exact) mass is 294 g/mol. The molecule has 0 aliphatic carbocycles. The molecule has 0 radical (unpaired) electrons. The quantitative estimate of drug-likeness (QED) is 0.902. The van der Waals surface area contributed by atoms with E-state index in [1.807, 2.05) is 6.07 Å². The fourth-order valence-electron chi connectivity index (χ4n) is 2.72. The van der Waals surface area contributed by atoms with Crippen LogP contribution in [-0.2, 0) is 11.3 Å². The zero-order valence-corrected chi connectivity index (χ0v) is 13.5. The van der Waals surface area contributed by atoms with E-state index in [2.05, 4.69) is 37.9 Å². The van der Waals surface area contributed by atoms with Gasteiger partial charge in [0.1, 0.15) is 5.82 Å². The number of anilines is 1. The molecule has 1 aliphatic rings. The Morgan fingerprint density at radius 1 is 1.38 bits per heavy atom. The predicted octanol–water partition coefficient (Wildman–Crippen LogP) is 3.18. The molecule has 0 saturated carbocycles. The van der Waals surface area contributed by atoms with Gasteiger partial charge in [-0.05, 0) is 38.4 Å². The summed E-state index contributed by atoms with van der Waals surface area (Å²) in [6.45, 7) is 11.5. The molecule has 1 aliphatic heterocycles. The summed E-state index contributed by atoms with van der Waals surface area (Å²) in [5.74, 6) is 0.428. The van der Waals surface area contributed by atoms with E-state index in [4.69, 9.17) is 4.74 Å². The van der Waals surface area contributed by atoms with Gasteiger partial charge >= 0.3 is 0 Å². The molecule has 118 valence electrons. The predicted molar refractivity (Wildman–Crippen MR) is 85.2 cm³/mol. The number of hydrogen-bond donors (Lipinski definition) is 1. The van der Waals surface area contributed by atoms with Crippen LogP contribution in [0.4, 0.5) is 10.1 Å². The van der Waals surface area contributed by atoms with Crippen LogP contribution in [0.1, 0.15) is 33.3 Å². The fraction of sp³-hybridized carbons (Fsp3) is 0.647. The molecule has 21 heavy (non-hydrogen) atoms. The number of morpholine rings is 1. The maximum absolute atomic E-state index is 14.3. The van der Waals surface area contributed by atoms with E-state index in [1.54, 1.807) is 12.1 Å². The van der Waals surface area contributed by atoms with Crippen molar-refractivity contribution in [3.8, 4) is 0 Å². The number of halogens is 1. The first kappa shape index (κ1) is 16.2. The molecule has 1 saturated heterocycles. The summed E-state index contributed by atoms with van der Waals surface area (Å²) in [6.07, 6.45) is 0.181. The second-order valence-electron chi connectivity index (χ2n) is 6.41. The van der Waals surface area contributed by atoms with Crippen LogP contribution in [0.15, 0.2) is 18.2 Å². The molecule has 0 amide bonds. The Bertz CT molecular complexity index is 464. The summed E-state index contributed by atoms with van der Waals surface area (Å²) in [7, 11) is 0. The maximum Gasteiger partial charge on any atom is 0.129 e. The normalized spacial score (nSPS) is 22.9. The van der Waals surface area contributed by atoms with Gasteiger partial charge in [0.05, 0.1) is 12.7 Å². The molecular weight excluding hydrogens is 267 g/mol. The van der Waals surface area contributed by atoms with Gasteiger partial charge in [0, 0.05) is 30.4 Å². The topological polar surface area (TPSA) is 24.5 Å². The van der Waals surface area contributed by atoms with Gasteiger partial charge in [-0.2, -0.15) is 0 Å². The molecule has 1 fully saturated rings. The van der Waals surface area contributed by atoms with Gasteiger partial charge in [-0.15, -0.1) is 0 Å². The van der Waals surface area contributed by atoms with E-state index in [-0.39, 0.29) is 18.0 Å². The molecule has 0 bridgehead atoms. The highest BCUT2D eigenvalue weighted by molar-refractivity contribution is 5.55. The van der Waals surface area contributed by atoms with Gasteiger partial charge in [0.2, 0.25) is 0 Å². The number of ether oxygens (including phenoxy) is 1. The molecule has 4 heteroatoms. The van der Waals surface area contributed by atoms with Crippen molar-refractivity contribution in [1.82, 2.24) is 5.32 Å². The molecule has 3 nitrogen and oxygen atoms in total. The lowest BCUT2D eigenvalue weighted by Crippen LogP contribution is -2.48. The summed E-state index contributed by atoms with van der Waals surface area (Å²) in [4.78, 5) is 2.27. The minimum Gasteiger partial charge on any atom is -0.375 e. The van der Waals surface area contributed by atoms with E-state index in [9.17, 15) is 4.39 Å². The van der Waals surface area contributed by atoms with Crippen LogP contribution in [0.2, 0.25) is 0 Å². The smallest absolute Gasteiger partial charge is 0.129 e. The van der Waals surface area contributed by atoms with Crippen LogP contribution < -0.4 is 10.2 Å². The molecule has 1 heterocycles. The highest BCUT2D eigenvalue weighted by Gasteiger charge is 2.26. The van der Waals surface area contributed by atoms with Crippen molar-refractivity contribution >= 4 is 5.69 Å². The Hall–Kier alpha value is -1.13. The first-order valence-electron chi connectivity index (χ1n) is 7.85. The maximum atomic E-state index is 14.3. The van der Waals surface area contributed by atoms with E-state index >= 15 is 0 Å². The lowest BCUT2D eigenvalue weighted by Gasteiger charge is -2.39. The third kappa shape index (κ3) is 4.17. The molecule has 0 spiro atoms. The molecular formula is C17H27FN2O. The number of nitrogens with zero attached hydrogens (tertiary/aromatic N) is 1. The van der Waals surface area contributed by atoms with Gasteiger partial charge in [0.15, 0.2) is 0 Å². The third-order valence-corrected chi connectivity index (χ3v) is 3.87. The number of hydrogen-bond acceptors (Lipinski definition) is 3. The van der Waals surface area contributed by atoms with Crippen LogP contribution in [0.25, 0.3) is 0 Å². The lowest BCUT2D eigenvalue weighted by molar-refractivity contribution is 0.0343. The Morgan fingerprint density at radius 2 is 2.14 bits per heavy atom. The first-order chi connectivity index (χ1) is 9.99. The second kappa shape index (κ2) is 7.23. The number of nitrogens with one attached hydrogen (secondary N) is 1. The summed E-state index contributed by atoms with van der Waals surface area (Å²) >= 11 is 0. The van der Waals surface area contributed by atoms with Crippen molar-refractivity contribution in [1.29, 1.82) is 0 Å². The van der Waals surface area contributed by atoms with Crippen molar-refractivity contribution < 1.29 is 9.13 Å². The number of rotatable bonds is 5. The van der Waals surface area contributed by atoms with Crippen molar-refractivity contribution in [2.75, 3.05) is 24.6 Å². The second-order valence-corrected chi connectivity index (χ2v) is 6.41. The minimum absolute atomic E-state index is 0.130. The van der Waals surface area contributed by atoms with Crippen molar-refractivity contribution in [2.24, 2.45) is 5.92 Å². The highest BCUT2D eigenvalue weighted by Crippen LogP contribution is 2.27. The Kier molecular flexibility index (Phi) is 5.59. The van der Waals surface area contributed by atoms with E-state index in [1.165, 1.54) is 0 Å². The third-order valence-electron chi connectivity index (χ3n) is 3.87. The van der Waals surface area contributed by atoms with Crippen LogP contribution >= 0.6 is 0 Å².